The van der Waals surface area contributed by atoms with Crippen molar-refractivity contribution < 1.29 is 98.5 Å². The fourth-order valence-electron chi connectivity index (χ4n) is 11.1. The van der Waals surface area contributed by atoms with Crippen molar-refractivity contribution in [1.82, 2.24) is 0 Å². The van der Waals surface area contributed by atoms with Crippen molar-refractivity contribution >= 4 is 5.97 Å². The highest BCUT2D eigenvalue weighted by atomic mass is 16.8. The quantitative estimate of drug-likeness (QED) is 0.0770. The second-order valence-corrected chi connectivity index (χ2v) is 20.3. The van der Waals surface area contributed by atoms with Crippen molar-refractivity contribution in [3.63, 3.8) is 0 Å². The topological polar surface area (TPSA) is 302 Å². The second-order valence-electron chi connectivity index (χ2n) is 20.3. The summed E-state index contributed by atoms with van der Waals surface area (Å²) in [5, 5.41) is 108. The fourth-order valence-corrected chi connectivity index (χ4v) is 11.1. The first-order valence-corrected chi connectivity index (χ1v) is 23.3. The average Bonchev–Trinajstić information content (AvgIpc) is 3.27. The van der Waals surface area contributed by atoms with E-state index in [1.54, 1.807) is 19.9 Å². The van der Waals surface area contributed by atoms with E-state index in [0.29, 0.717) is 19.3 Å². The van der Waals surface area contributed by atoms with Crippen LogP contribution in [0, 0.1) is 22.7 Å². The number of carbonyl (C=O) groups excluding carboxylic acids is 1. The van der Waals surface area contributed by atoms with Crippen molar-refractivity contribution in [2.45, 2.75) is 229 Å². The number of hydrogen-bond acceptors (Lipinski definition) is 20. The van der Waals surface area contributed by atoms with Gasteiger partial charge in [0, 0.05) is 12.3 Å². The summed E-state index contributed by atoms with van der Waals surface area (Å²) in [5.74, 6) is -0.568. The monoisotopic (exact) mass is 948 g/mol. The zero-order chi connectivity index (χ0) is 49.0. The molecule has 0 aromatic rings. The van der Waals surface area contributed by atoms with Crippen LogP contribution in [-0.4, -0.2) is 198 Å². The lowest BCUT2D eigenvalue weighted by molar-refractivity contribution is -0.364. The molecule has 0 amide bonds. The Hall–Kier alpha value is -1.77. The van der Waals surface area contributed by atoms with Crippen LogP contribution in [0.25, 0.3) is 0 Å². The predicted molar refractivity (Wildman–Crippen MR) is 228 cm³/mol. The van der Waals surface area contributed by atoms with Crippen LogP contribution in [-0.2, 0) is 47.4 Å². The summed E-state index contributed by atoms with van der Waals surface area (Å²) in [6, 6.07) is 0. The van der Waals surface area contributed by atoms with Gasteiger partial charge in [-0.15, -0.1) is 6.58 Å². The summed E-state index contributed by atoms with van der Waals surface area (Å²) in [5.41, 5.74) is -0.836. The molecule has 2 aliphatic carbocycles. The summed E-state index contributed by atoms with van der Waals surface area (Å²) in [6.45, 7) is 20.0. The zero-order valence-electron chi connectivity index (χ0n) is 39.4. The number of aliphatic hydroxyl groups excluding tert-OH is 10. The number of ether oxygens (including phenoxy) is 9. The molecule has 20 heteroatoms. The van der Waals surface area contributed by atoms with Crippen LogP contribution in [0.1, 0.15) is 94.4 Å². The van der Waals surface area contributed by atoms with Gasteiger partial charge < -0.3 is 93.7 Å². The largest absolute Gasteiger partial charge is 0.463 e. The molecule has 0 aromatic carbocycles. The number of allylic oxidation sites excluding steroid dienone is 1. The maximum Gasteiger partial charge on any atom is 0.302 e. The number of aliphatic hydroxyl groups is 10. The lowest BCUT2D eigenvalue weighted by atomic mass is 9.45. The third-order valence-corrected chi connectivity index (χ3v) is 16.0. The van der Waals surface area contributed by atoms with Crippen molar-refractivity contribution in [2.24, 2.45) is 22.7 Å². The third-order valence-electron chi connectivity index (χ3n) is 16.0. The summed E-state index contributed by atoms with van der Waals surface area (Å²) in [4.78, 5) is 11.4. The highest BCUT2D eigenvalue weighted by Crippen LogP contribution is 2.63. The normalized spacial score (nSPS) is 51.0. The molecule has 20 nitrogen and oxygen atoms in total. The van der Waals surface area contributed by atoms with Crippen molar-refractivity contribution in [3.05, 3.63) is 24.3 Å². The van der Waals surface area contributed by atoms with Gasteiger partial charge in [-0.05, 0) is 84.0 Å². The Morgan fingerprint density at radius 1 is 0.727 bits per heavy atom. The van der Waals surface area contributed by atoms with E-state index in [0.717, 1.165) is 25.3 Å². The molecular formula is C46H76O20. The van der Waals surface area contributed by atoms with Crippen molar-refractivity contribution in [1.29, 1.82) is 0 Å². The summed E-state index contributed by atoms with van der Waals surface area (Å²) >= 11 is 0. The van der Waals surface area contributed by atoms with E-state index in [9.17, 15) is 55.9 Å². The Labute approximate surface area is 386 Å². The molecule has 0 spiro atoms. The summed E-state index contributed by atoms with van der Waals surface area (Å²) in [6.07, 6.45) is -21.5. The molecule has 0 aromatic heterocycles. The molecule has 380 valence electrons. The van der Waals surface area contributed by atoms with E-state index in [4.69, 9.17) is 42.6 Å². The van der Waals surface area contributed by atoms with Gasteiger partial charge in [0.1, 0.15) is 86.0 Å². The number of hydrogen-bond donors (Lipinski definition) is 10. The molecule has 0 radical (unpaired) electrons. The first-order valence-electron chi connectivity index (χ1n) is 23.3. The SMILES string of the molecule is C=CC(C)(CCC1(C)C(C)CC(OC2OC(C)C(OC3OC(COC(C)=O)C(O)C(O)C3O)C(O)C2O)C2(C)C(C)=CCCC12)OC1OC(C)C(O)C(OC2OC(C)C(O)C(O)C2O)C1O. The van der Waals surface area contributed by atoms with Gasteiger partial charge in [0.2, 0.25) is 0 Å². The van der Waals surface area contributed by atoms with Gasteiger partial charge in [0.25, 0.3) is 0 Å². The molecule has 10 N–H and O–H groups in total. The molecule has 4 saturated heterocycles. The van der Waals surface area contributed by atoms with Gasteiger partial charge in [-0.1, -0.05) is 38.5 Å². The maximum atomic E-state index is 11.5. The van der Waals surface area contributed by atoms with Crippen LogP contribution in [0.3, 0.4) is 0 Å². The minimum atomic E-state index is -1.75. The highest BCUT2D eigenvalue weighted by Gasteiger charge is 2.60. The number of rotatable bonds is 14. The van der Waals surface area contributed by atoms with Crippen LogP contribution < -0.4 is 0 Å². The number of fused-ring (bicyclic) bond motifs is 1. The van der Waals surface area contributed by atoms with E-state index in [1.165, 1.54) is 6.92 Å². The zero-order valence-corrected chi connectivity index (χ0v) is 39.4. The number of carbonyl (C=O) groups is 1. The molecule has 5 fully saturated rings. The lowest BCUT2D eigenvalue weighted by Gasteiger charge is -2.61. The van der Waals surface area contributed by atoms with E-state index in [2.05, 4.69) is 40.3 Å². The van der Waals surface area contributed by atoms with Crippen LogP contribution in [0.2, 0.25) is 0 Å². The van der Waals surface area contributed by atoms with Gasteiger partial charge in [0.05, 0.1) is 30.0 Å². The summed E-state index contributed by atoms with van der Waals surface area (Å²) < 4.78 is 53.4. The van der Waals surface area contributed by atoms with Crippen LogP contribution in [0.5, 0.6) is 0 Å². The average molecular weight is 949 g/mol. The van der Waals surface area contributed by atoms with E-state index in [-0.39, 0.29) is 17.3 Å². The smallest absolute Gasteiger partial charge is 0.302 e. The Morgan fingerprint density at radius 3 is 1.91 bits per heavy atom. The van der Waals surface area contributed by atoms with Gasteiger partial charge in [0.15, 0.2) is 25.2 Å². The van der Waals surface area contributed by atoms with Gasteiger partial charge in [-0.25, -0.2) is 0 Å². The molecule has 26 atom stereocenters. The lowest BCUT2D eigenvalue weighted by Crippen LogP contribution is -2.65. The third kappa shape index (κ3) is 10.3. The molecule has 4 aliphatic heterocycles. The predicted octanol–water partition coefficient (Wildman–Crippen LogP) is -0.576. The highest BCUT2D eigenvalue weighted by molar-refractivity contribution is 5.65. The molecule has 6 rings (SSSR count). The first-order chi connectivity index (χ1) is 30.8. The van der Waals surface area contributed by atoms with Crippen LogP contribution in [0.4, 0.5) is 0 Å². The maximum absolute atomic E-state index is 11.5. The standard InChI is InChI=1S/C46H76O20/c1-11-44(8,66-43-37(57)39(29(49)22(5)60-43)65-41-34(54)31(51)28(48)21(4)59-41)15-16-45(9)20(3)17-27(46(10)19(2)13-12-14-26(45)46)63-40-36(56)33(53)38(23(6)61-40)64-42-35(55)32(52)30(50)25(62-42)18-58-24(7)47/h11,13,20-23,25-43,48-57H,1,12,14-18H2,2-10H3. The fraction of sp³-hybridized carbons (Fsp3) is 0.891. The molecule has 6 aliphatic rings. The Balaban J connectivity index is 1.13. The van der Waals surface area contributed by atoms with E-state index < -0.39 is 153 Å². The Kier molecular flexibility index (Phi) is 17.0. The molecular weight excluding hydrogens is 872 g/mol. The second kappa shape index (κ2) is 20.9. The van der Waals surface area contributed by atoms with Gasteiger partial charge in [-0.3, -0.25) is 4.79 Å². The Morgan fingerprint density at radius 2 is 1.27 bits per heavy atom. The van der Waals surface area contributed by atoms with Crippen molar-refractivity contribution in [3.8, 4) is 0 Å². The molecule has 1 saturated carbocycles. The molecule has 4 heterocycles. The van der Waals surface area contributed by atoms with E-state index in [1.807, 2.05) is 6.92 Å². The molecule has 0 bridgehead atoms. The Bertz CT molecular complexity index is 1690. The molecule has 26 unspecified atom stereocenters. The minimum Gasteiger partial charge on any atom is -0.463 e. The summed E-state index contributed by atoms with van der Waals surface area (Å²) in [7, 11) is 0. The van der Waals surface area contributed by atoms with Gasteiger partial charge >= 0.3 is 5.97 Å². The molecule has 66 heavy (non-hydrogen) atoms. The van der Waals surface area contributed by atoms with Crippen LogP contribution in [0.15, 0.2) is 24.3 Å². The number of esters is 1. The van der Waals surface area contributed by atoms with E-state index >= 15 is 0 Å². The minimum absolute atomic E-state index is 0.0361. The first kappa shape index (κ1) is 53.6. The van der Waals surface area contributed by atoms with Gasteiger partial charge in [-0.2, -0.15) is 0 Å². The van der Waals surface area contributed by atoms with Crippen LogP contribution >= 0.6 is 0 Å². The van der Waals surface area contributed by atoms with Crippen molar-refractivity contribution in [2.75, 3.05) is 6.61 Å².